The maximum Gasteiger partial charge on any atom is 0.240 e. The monoisotopic (exact) mass is 377 g/mol. The highest BCUT2D eigenvalue weighted by Crippen LogP contribution is 2.17. The van der Waals surface area contributed by atoms with E-state index in [0.717, 1.165) is 16.1 Å². The zero-order valence-electron chi connectivity index (χ0n) is 15.0. The van der Waals surface area contributed by atoms with Crippen molar-refractivity contribution < 1.29 is 17.9 Å². The third-order valence-electron chi connectivity index (χ3n) is 3.57. The van der Waals surface area contributed by atoms with Crippen LogP contribution >= 0.6 is 0 Å². The first-order valence-electron chi connectivity index (χ1n) is 8.13. The Morgan fingerprint density at radius 1 is 1.27 bits per heavy atom. The number of aryl methyl sites for hydroxylation is 1. The normalized spacial score (nSPS) is 12.3. The number of anilines is 1. The van der Waals surface area contributed by atoms with Crippen LogP contribution in [0.1, 0.15) is 12.5 Å². The minimum atomic E-state index is -3.58. The number of sulfonamides is 1. The lowest BCUT2D eigenvalue weighted by Gasteiger charge is -2.22. The number of carbonyl (C=O) groups is 1. The summed E-state index contributed by atoms with van der Waals surface area (Å²) in [5, 5.41) is 2.70. The summed E-state index contributed by atoms with van der Waals surface area (Å²) >= 11 is 0. The van der Waals surface area contributed by atoms with Crippen LogP contribution in [-0.2, 0) is 14.8 Å². The van der Waals surface area contributed by atoms with Crippen LogP contribution in [0.3, 0.4) is 0 Å². The summed E-state index contributed by atoms with van der Waals surface area (Å²) < 4.78 is 30.8. The van der Waals surface area contributed by atoms with Crippen molar-refractivity contribution in [2.75, 3.05) is 23.7 Å². The van der Waals surface area contributed by atoms with Crippen molar-refractivity contribution in [1.29, 1.82) is 0 Å². The first kappa shape index (κ1) is 19.7. The molecule has 8 heteroatoms. The second-order valence-corrected chi connectivity index (χ2v) is 7.93. The Balaban J connectivity index is 1.94. The molecule has 1 unspecified atom stereocenters. The van der Waals surface area contributed by atoms with Gasteiger partial charge >= 0.3 is 0 Å². The van der Waals surface area contributed by atoms with Gasteiger partial charge in [-0.2, -0.15) is 0 Å². The van der Waals surface area contributed by atoms with Crippen molar-refractivity contribution in [2.24, 2.45) is 0 Å². The lowest BCUT2D eigenvalue weighted by Crippen LogP contribution is -2.42. The second-order valence-electron chi connectivity index (χ2n) is 6.03. The number of hydrogen-bond acceptors (Lipinski definition) is 5. The molecule has 0 spiro atoms. The van der Waals surface area contributed by atoms with Crippen LogP contribution in [0.4, 0.5) is 5.69 Å². The number of benzene rings is 1. The maximum absolute atomic E-state index is 12.2. The minimum absolute atomic E-state index is 0.249. The van der Waals surface area contributed by atoms with Crippen LogP contribution in [0.2, 0.25) is 0 Å². The molecule has 0 radical (unpaired) electrons. The van der Waals surface area contributed by atoms with Gasteiger partial charge in [0.05, 0.1) is 24.7 Å². The third-order valence-corrected chi connectivity index (χ3v) is 4.71. The molecule has 2 aromatic rings. The van der Waals surface area contributed by atoms with Crippen molar-refractivity contribution in [1.82, 2.24) is 10.3 Å². The Morgan fingerprint density at radius 2 is 1.96 bits per heavy atom. The summed E-state index contributed by atoms with van der Waals surface area (Å²) in [4.78, 5) is 16.2. The molecule has 0 aliphatic heterocycles. The van der Waals surface area contributed by atoms with E-state index in [1.807, 2.05) is 13.8 Å². The van der Waals surface area contributed by atoms with E-state index in [0.29, 0.717) is 11.4 Å². The zero-order chi connectivity index (χ0) is 19.2. The number of aromatic nitrogens is 1. The van der Waals surface area contributed by atoms with Crippen LogP contribution in [0, 0.1) is 6.92 Å². The SMILES string of the molecule is Cc1ccc(N(CC(=O)NCC(C)Oc2cccnc2)S(C)(=O)=O)cc1. The van der Waals surface area contributed by atoms with Crippen molar-refractivity contribution in [3.05, 3.63) is 54.4 Å². The molecule has 0 saturated heterocycles. The Kier molecular flexibility index (Phi) is 6.57. The molecule has 7 nitrogen and oxygen atoms in total. The highest BCUT2D eigenvalue weighted by molar-refractivity contribution is 7.92. The summed E-state index contributed by atoms with van der Waals surface area (Å²) in [5.74, 6) is 0.198. The fourth-order valence-corrected chi connectivity index (χ4v) is 3.10. The third kappa shape index (κ3) is 6.03. The van der Waals surface area contributed by atoms with Gasteiger partial charge in [-0.05, 0) is 38.1 Å². The molecule has 0 bridgehead atoms. The molecule has 2 rings (SSSR count). The van der Waals surface area contributed by atoms with Gasteiger partial charge in [-0.15, -0.1) is 0 Å². The Bertz CT molecular complexity index is 823. The van der Waals surface area contributed by atoms with E-state index in [2.05, 4.69) is 10.3 Å². The topological polar surface area (TPSA) is 88.6 Å². The molecule has 26 heavy (non-hydrogen) atoms. The predicted molar refractivity (Wildman–Crippen MR) is 101 cm³/mol. The number of amides is 1. The van der Waals surface area contributed by atoms with E-state index >= 15 is 0 Å². The molecule has 140 valence electrons. The molecule has 0 saturated carbocycles. The average Bonchev–Trinajstić information content (AvgIpc) is 2.59. The van der Waals surface area contributed by atoms with Crippen LogP contribution in [-0.4, -0.2) is 44.8 Å². The lowest BCUT2D eigenvalue weighted by molar-refractivity contribution is -0.119. The van der Waals surface area contributed by atoms with Crippen LogP contribution in [0.25, 0.3) is 0 Å². The fourth-order valence-electron chi connectivity index (χ4n) is 2.25. The molecule has 1 aromatic heterocycles. The van der Waals surface area contributed by atoms with E-state index in [1.54, 1.807) is 48.8 Å². The quantitative estimate of drug-likeness (QED) is 0.757. The number of carbonyl (C=O) groups excluding carboxylic acids is 1. The average molecular weight is 377 g/mol. The molecule has 1 N–H and O–H groups in total. The number of hydrogen-bond donors (Lipinski definition) is 1. The van der Waals surface area contributed by atoms with Crippen LogP contribution in [0.15, 0.2) is 48.8 Å². The van der Waals surface area contributed by atoms with Crippen LogP contribution in [0.5, 0.6) is 5.75 Å². The van der Waals surface area contributed by atoms with Gasteiger partial charge in [-0.1, -0.05) is 17.7 Å². The first-order chi connectivity index (χ1) is 12.3. The van der Waals surface area contributed by atoms with Gasteiger partial charge in [0, 0.05) is 6.20 Å². The van der Waals surface area contributed by atoms with E-state index in [1.165, 1.54) is 0 Å². The lowest BCUT2D eigenvalue weighted by atomic mass is 10.2. The predicted octanol–water partition coefficient (Wildman–Crippen LogP) is 1.74. The molecule has 1 amide bonds. The molecule has 1 heterocycles. The summed E-state index contributed by atoms with van der Waals surface area (Å²) in [7, 11) is -3.58. The van der Waals surface area contributed by atoms with Crippen molar-refractivity contribution in [3.63, 3.8) is 0 Å². The zero-order valence-corrected chi connectivity index (χ0v) is 15.9. The molecule has 0 aliphatic rings. The number of ether oxygens (including phenoxy) is 1. The highest BCUT2D eigenvalue weighted by Gasteiger charge is 2.21. The molecule has 1 atom stereocenters. The van der Waals surface area contributed by atoms with Crippen molar-refractivity contribution >= 4 is 21.6 Å². The molecular formula is C18H23N3O4S. The summed E-state index contributed by atoms with van der Waals surface area (Å²) in [6.07, 6.45) is 4.02. The van der Waals surface area contributed by atoms with E-state index in [4.69, 9.17) is 4.74 Å². The van der Waals surface area contributed by atoms with Gasteiger partial charge in [-0.3, -0.25) is 14.1 Å². The molecule has 1 aromatic carbocycles. The molecular weight excluding hydrogens is 354 g/mol. The molecule has 0 fully saturated rings. The Morgan fingerprint density at radius 3 is 2.54 bits per heavy atom. The summed E-state index contributed by atoms with van der Waals surface area (Å²) in [6, 6.07) is 10.5. The number of pyridine rings is 1. The summed E-state index contributed by atoms with van der Waals surface area (Å²) in [6.45, 7) is 3.67. The Labute approximate surface area is 154 Å². The fraction of sp³-hybridized carbons (Fsp3) is 0.333. The van der Waals surface area contributed by atoms with Crippen molar-refractivity contribution in [3.8, 4) is 5.75 Å². The first-order valence-corrected chi connectivity index (χ1v) is 9.98. The second kappa shape index (κ2) is 8.66. The van der Waals surface area contributed by atoms with Gasteiger partial charge in [0.15, 0.2) is 0 Å². The van der Waals surface area contributed by atoms with Gasteiger partial charge in [-0.25, -0.2) is 8.42 Å². The smallest absolute Gasteiger partial charge is 0.240 e. The summed E-state index contributed by atoms with van der Waals surface area (Å²) in [5.41, 5.74) is 1.46. The Hall–Kier alpha value is -2.61. The van der Waals surface area contributed by atoms with Gasteiger partial charge in [0.2, 0.25) is 15.9 Å². The van der Waals surface area contributed by atoms with Gasteiger partial charge in [0.25, 0.3) is 0 Å². The van der Waals surface area contributed by atoms with E-state index in [-0.39, 0.29) is 19.2 Å². The highest BCUT2D eigenvalue weighted by atomic mass is 32.2. The van der Waals surface area contributed by atoms with Crippen LogP contribution < -0.4 is 14.4 Å². The number of nitrogens with one attached hydrogen (secondary N) is 1. The van der Waals surface area contributed by atoms with Gasteiger partial charge in [0.1, 0.15) is 18.4 Å². The number of nitrogens with zero attached hydrogens (tertiary/aromatic N) is 2. The minimum Gasteiger partial charge on any atom is -0.487 e. The maximum atomic E-state index is 12.2. The standard InChI is InChI=1S/C18H23N3O4S/c1-14-6-8-16(9-7-14)21(26(3,23)24)13-18(22)20-11-15(2)25-17-5-4-10-19-12-17/h4-10,12,15H,11,13H2,1-3H3,(H,20,22). The van der Waals surface area contributed by atoms with Gasteiger partial charge < -0.3 is 10.1 Å². The molecule has 0 aliphatic carbocycles. The van der Waals surface area contributed by atoms with E-state index in [9.17, 15) is 13.2 Å². The van der Waals surface area contributed by atoms with E-state index < -0.39 is 15.9 Å². The largest absolute Gasteiger partial charge is 0.487 e. The number of rotatable bonds is 8. The van der Waals surface area contributed by atoms with Crippen molar-refractivity contribution in [2.45, 2.75) is 20.0 Å².